The molecule has 0 spiro atoms. The molecule has 6 heteroatoms. The van der Waals surface area contributed by atoms with Crippen LogP contribution in [0, 0.1) is 5.82 Å². The van der Waals surface area contributed by atoms with Crippen LogP contribution in [0.15, 0.2) is 53.4 Å². The van der Waals surface area contributed by atoms with E-state index in [0.717, 1.165) is 23.7 Å². The molecule has 2 rings (SSSR count). The van der Waals surface area contributed by atoms with Crippen molar-refractivity contribution in [2.45, 2.75) is 18.2 Å². The Morgan fingerprint density at radius 1 is 1.12 bits per heavy atom. The molecular weight excluding hydrogens is 329 g/mol. The standard InChI is InChI=1S/C18H18FNO3S/c1-2-13-7-3-5-9-15(13)20-17(21)11-23-18(22)12-24-16-10-6-4-8-14(16)19/h3-10H,2,11-12H2,1H3,(H,20,21). The second kappa shape index (κ2) is 9.08. The smallest absolute Gasteiger partial charge is 0.316 e. The average Bonchev–Trinajstić information content (AvgIpc) is 2.59. The number of anilines is 1. The van der Waals surface area contributed by atoms with Crippen molar-refractivity contribution < 1.29 is 18.7 Å². The van der Waals surface area contributed by atoms with Crippen molar-refractivity contribution in [2.24, 2.45) is 0 Å². The molecule has 4 nitrogen and oxygen atoms in total. The normalized spacial score (nSPS) is 10.2. The highest BCUT2D eigenvalue weighted by Crippen LogP contribution is 2.21. The number of benzene rings is 2. The summed E-state index contributed by atoms with van der Waals surface area (Å²) in [6, 6.07) is 13.6. The molecule has 1 amide bonds. The lowest BCUT2D eigenvalue weighted by atomic mass is 10.1. The highest BCUT2D eigenvalue weighted by molar-refractivity contribution is 8.00. The van der Waals surface area contributed by atoms with E-state index < -0.39 is 11.9 Å². The Bertz CT molecular complexity index is 721. The molecule has 2 aromatic rings. The molecule has 0 fully saturated rings. The van der Waals surface area contributed by atoms with Crippen LogP contribution in [0.1, 0.15) is 12.5 Å². The number of hydrogen-bond donors (Lipinski definition) is 1. The molecule has 24 heavy (non-hydrogen) atoms. The second-order valence-corrected chi connectivity index (χ2v) is 5.96. The lowest BCUT2D eigenvalue weighted by Gasteiger charge is -2.10. The van der Waals surface area contributed by atoms with Crippen LogP contribution >= 0.6 is 11.8 Å². The number of esters is 1. The molecule has 0 radical (unpaired) electrons. The molecule has 0 saturated heterocycles. The monoisotopic (exact) mass is 347 g/mol. The minimum absolute atomic E-state index is 0.0558. The van der Waals surface area contributed by atoms with Crippen LogP contribution in [-0.2, 0) is 20.7 Å². The molecule has 0 saturated carbocycles. The highest BCUT2D eigenvalue weighted by atomic mass is 32.2. The fourth-order valence-electron chi connectivity index (χ4n) is 2.02. The minimum atomic E-state index is -0.567. The minimum Gasteiger partial charge on any atom is -0.455 e. The van der Waals surface area contributed by atoms with Gasteiger partial charge in [0.15, 0.2) is 6.61 Å². The molecule has 0 aliphatic heterocycles. The van der Waals surface area contributed by atoms with Crippen LogP contribution in [0.3, 0.4) is 0 Å². The lowest BCUT2D eigenvalue weighted by Crippen LogP contribution is -2.22. The molecule has 126 valence electrons. The van der Waals surface area contributed by atoms with Gasteiger partial charge in [-0.1, -0.05) is 37.3 Å². The van der Waals surface area contributed by atoms with Gasteiger partial charge >= 0.3 is 5.97 Å². The highest BCUT2D eigenvalue weighted by Gasteiger charge is 2.11. The SMILES string of the molecule is CCc1ccccc1NC(=O)COC(=O)CSc1ccccc1F. The van der Waals surface area contributed by atoms with E-state index >= 15 is 0 Å². The van der Waals surface area contributed by atoms with E-state index in [2.05, 4.69) is 5.32 Å². The van der Waals surface area contributed by atoms with E-state index in [1.807, 2.05) is 25.1 Å². The van der Waals surface area contributed by atoms with Crippen LogP contribution < -0.4 is 5.32 Å². The topological polar surface area (TPSA) is 55.4 Å². The van der Waals surface area contributed by atoms with Gasteiger partial charge in [-0.25, -0.2) is 4.39 Å². The van der Waals surface area contributed by atoms with Crippen molar-refractivity contribution in [1.29, 1.82) is 0 Å². The number of ether oxygens (including phenoxy) is 1. The Balaban J connectivity index is 1.77. The van der Waals surface area contributed by atoms with Gasteiger partial charge in [-0.05, 0) is 30.2 Å². The first-order valence-corrected chi connectivity index (χ1v) is 8.49. The van der Waals surface area contributed by atoms with Gasteiger partial charge in [0.25, 0.3) is 5.91 Å². The molecular formula is C18H18FNO3S. The summed E-state index contributed by atoms with van der Waals surface area (Å²) >= 11 is 1.04. The van der Waals surface area contributed by atoms with E-state index in [1.54, 1.807) is 24.3 Å². The van der Waals surface area contributed by atoms with Crippen LogP contribution in [0.5, 0.6) is 0 Å². The van der Waals surface area contributed by atoms with Crippen LogP contribution in [0.25, 0.3) is 0 Å². The van der Waals surface area contributed by atoms with Gasteiger partial charge in [-0.2, -0.15) is 0 Å². The van der Waals surface area contributed by atoms with Gasteiger partial charge in [0.2, 0.25) is 0 Å². The quantitative estimate of drug-likeness (QED) is 0.613. The van der Waals surface area contributed by atoms with Gasteiger partial charge in [-0.3, -0.25) is 9.59 Å². The van der Waals surface area contributed by atoms with E-state index in [9.17, 15) is 14.0 Å². The van der Waals surface area contributed by atoms with Gasteiger partial charge in [-0.15, -0.1) is 11.8 Å². The zero-order valence-electron chi connectivity index (χ0n) is 13.3. The maximum absolute atomic E-state index is 13.4. The van der Waals surface area contributed by atoms with Crippen molar-refractivity contribution in [2.75, 3.05) is 17.7 Å². The Morgan fingerprint density at radius 2 is 1.83 bits per heavy atom. The predicted octanol–water partition coefficient (Wildman–Crippen LogP) is 3.66. The number of carbonyl (C=O) groups excluding carboxylic acids is 2. The number of carbonyl (C=O) groups is 2. The summed E-state index contributed by atoms with van der Waals surface area (Å²) in [5, 5.41) is 2.72. The Hall–Kier alpha value is -2.34. The molecule has 2 aromatic carbocycles. The molecule has 1 N–H and O–H groups in total. The third kappa shape index (κ3) is 5.38. The fraction of sp³-hybridized carbons (Fsp3) is 0.222. The van der Waals surface area contributed by atoms with Gasteiger partial charge < -0.3 is 10.1 Å². The van der Waals surface area contributed by atoms with Crippen LogP contribution in [0.4, 0.5) is 10.1 Å². The number of hydrogen-bond acceptors (Lipinski definition) is 4. The van der Waals surface area contributed by atoms with Gasteiger partial charge in [0.05, 0.1) is 5.75 Å². The van der Waals surface area contributed by atoms with Crippen molar-refractivity contribution >= 4 is 29.3 Å². The number of rotatable bonds is 7. The van der Waals surface area contributed by atoms with Crippen molar-refractivity contribution in [3.8, 4) is 0 Å². The number of thioether (sulfide) groups is 1. The van der Waals surface area contributed by atoms with Crippen molar-refractivity contribution in [3.05, 3.63) is 59.9 Å². The molecule has 0 aromatic heterocycles. The first kappa shape index (κ1) is 18.0. The summed E-state index contributed by atoms with van der Waals surface area (Å²) in [6.07, 6.45) is 0.787. The van der Waals surface area contributed by atoms with Crippen LogP contribution in [-0.4, -0.2) is 24.2 Å². The summed E-state index contributed by atoms with van der Waals surface area (Å²) < 4.78 is 18.3. The second-order valence-electron chi connectivity index (χ2n) is 4.94. The summed E-state index contributed by atoms with van der Waals surface area (Å²) in [6.45, 7) is 1.62. The van der Waals surface area contributed by atoms with Crippen molar-refractivity contribution in [1.82, 2.24) is 0 Å². The molecule has 0 heterocycles. The Labute approximate surface area is 144 Å². The summed E-state index contributed by atoms with van der Waals surface area (Å²) in [7, 11) is 0. The van der Waals surface area contributed by atoms with Crippen molar-refractivity contribution in [3.63, 3.8) is 0 Å². The first-order valence-electron chi connectivity index (χ1n) is 7.51. The fourth-order valence-corrected chi connectivity index (χ4v) is 2.76. The zero-order chi connectivity index (χ0) is 17.4. The molecule has 0 aliphatic rings. The largest absolute Gasteiger partial charge is 0.455 e. The summed E-state index contributed by atoms with van der Waals surface area (Å²) in [4.78, 5) is 23.9. The van der Waals surface area contributed by atoms with E-state index in [-0.39, 0.29) is 18.2 Å². The number of para-hydroxylation sites is 1. The zero-order valence-corrected chi connectivity index (χ0v) is 14.1. The Morgan fingerprint density at radius 3 is 2.58 bits per heavy atom. The maximum atomic E-state index is 13.4. The number of nitrogens with one attached hydrogen (secondary N) is 1. The summed E-state index contributed by atoms with van der Waals surface area (Å²) in [5.74, 6) is -1.41. The third-order valence-electron chi connectivity index (χ3n) is 3.22. The molecule has 0 bridgehead atoms. The Kier molecular flexibility index (Phi) is 6.81. The maximum Gasteiger partial charge on any atom is 0.316 e. The van der Waals surface area contributed by atoms with E-state index in [1.165, 1.54) is 6.07 Å². The molecule has 0 unspecified atom stereocenters. The van der Waals surface area contributed by atoms with E-state index in [0.29, 0.717) is 10.6 Å². The average molecular weight is 347 g/mol. The van der Waals surface area contributed by atoms with E-state index in [4.69, 9.17) is 4.74 Å². The first-order chi connectivity index (χ1) is 11.6. The predicted molar refractivity (Wildman–Crippen MR) is 92.5 cm³/mol. The molecule has 0 atom stereocenters. The molecule has 0 aliphatic carbocycles. The van der Waals surface area contributed by atoms with Gasteiger partial charge in [0.1, 0.15) is 5.82 Å². The number of amides is 1. The van der Waals surface area contributed by atoms with Crippen LogP contribution in [0.2, 0.25) is 0 Å². The number of aryl methyl sites for hydroxylation is 1. The summed E-state index contributed by atoms with van der Waals surface area (Å²) in [5.41, 5.74) is 1.72. The third-order valence-corrected chi connectivity index (χ3v) is 4.24. The van der Waals surface area contributed by atoms with Gasteiger partial charge in [0, 0.05) is 10.6 Å². The number of halogens is 1. The lowest BCUT2D eigenvalue weighted by molar-refractivity contribution is -0.144.